The average Bonchev–Trinajstić information content (AvgIpc) is 3.20. The first-order valence-corrected chi connectivity index (χ1v) is 10.6. The molecule has 2 heterocycles. The smallest absolute Gasteiger partial charge is 0.413 e. The third-order valence-electron chi connectivity index (χ3n) is 5.28. The molecule has 176 valence electrons. The van der Waals surface area contributed by atoms with Crippen LogP contribution < -0.4 is 16.1 Å². The Hall–Kier alpha value is -3.89. The van der Waals surface area contributed by atoms with E-state index in [0.717, 1.165) is 12.8 Å². The highest BCUT2D eigenvalue weighted by Gasteiger charge is 2.22. The lowest BCUT2D eigenvalue weighted by Gasteiger charge is -2.18. The molecule has 33 heavy (non-hydrogen) atoms. The van der Waals surface area contributed by atoms with Gasteiger partial charge in [0.25, 0.3) is 5.56 Å². The number of nitrogens with one attached hydrogen (secondary N) is 1. The molecule has 0 saturated carbocycles. The molecular formula is C22H27N5O6. The van der Waals surface area contributed by atoms with E-state index in [1.165, 1.54) is 29.7 Å². The molecule has 0 aliphatic rings. The Labute approximate surface area is 189 Å². The van der Waals surface area contributed by atoms with E-state index in [1.807, 2.05) is 13.8 Å². The van der Waals surface area contributed by atoms with Gasteiger partial charge in [0.2, 0.25) is 0 Å². The van der Waals surface area contributed by atoms with Gasteiger partial charge in [0.1, 0.15) is 12.4 Å². The Kier molecular flexibility index (Phi) is 7.31. The van der Waals surface area contributed by atoms with Gasteiger partial charge in [-0.25, -0.2) is 19.4 Å². The number of fused-ring (bicyclic) bond motifs is 1. The maximum atomic E-state index is 12.8. The maximum Gasteiger partial charge on any atom is 0.413 e. The van der Waals surface area contributed by atoms with Gasteiger partial charge >= 0.3 is 17.8 Å². The van der Waals surface area contributed by atoms with Crippen molar-refractivity contribution in [3.63, 3.8) is 0 Å². The van der Waals surface area contributed by atoms with Gasteiger partial charge < -0.3 is 14.0 Å². The number of nitrogens with zero attached hydrogens (tertiary/aromatic N) is 4. The normalized spacial score (nSPS) is 10.9. The number of H-pyrrole nitrogens is 1. The molecule has 0 aliphatic carbocycles. The van der Waals surface area contributed by atoms with Crippen LogP contribution in [0.2, 0.25) is 0 Å². The number of aromatic nitrogens is 4. The Morgan fingerprint density at radius 1 is 1.15 bits per heavy atom. The van der Waals surface area contributed by atoms with E-state index in [-0.39, 0.29) is 23.3 Å². The predicted octanol–water partition coefficient (Wildman–Crippen LogP) is 2.27. The van der Waals surface area contributed by atoms with Crippen LogP contribution in [0.5, 0.6) is 0 Å². The summed E-state index contributed by atoms with van der Waals surface area (Å²) in [5, 5.41) is 0. The van der Waals surface area contributed by atoms with Gasteiger partial charge in [-0.3, -0.25) is 19.2 Å². The highest BCUT2D eigenvalue weighted by Crippen LogP contribution is 2.22. The SMILES string of the molecule is CCCCn1c(=O)[nH]c(=O)c2c1nc(COC(=O)c1ccccc1N(C)C(=O)OC)n2CC. The van der Waals surface area contributed by atoms with Crippen molar-refractivity contribution in [3.8, 4) is 0 Å². The molecule has 1 N–H and O–H groups in total. The largest absolute Gasteiger partial charge is 0.454 e. The van der Waals surface area contributed by atoms with Crippen molar-refractivity contribution < 1.29 is 19.1 Å². The second kappa shape index (κ2) is 10.2. The number of benzene rings is 1. The number of unbranched alkanes of at least 4 members (excludes halogenated alkanes) is 1. The highest BCUT2D eigenvalue weighted by atomic mass is 16.5. The molecule has 1 aromatic carbocycles. The van der Waals surface area contributed by atoms with Gasteiger partial charge in [0, 0.05) is 20.1 Å². The van der Waals surface area contributed by atoms with E-state index < -0.39 is 23.3 Å². The third-order valence-corrected chi connectivity index (χ3v) is 5.28. The zero-order chi connectivity index (χ0) is 24.1. The van der Waals surface area contributed by atoms with Crippen LogP contribution >= 0.6 is 0 Å². The zero-order valence-corrected chi connectivity index (χ0v) is 19.1. The molecule has 0 spiro atoms. The first kappa shape index (κ1) is 23.8. The summed E-state index contributed by atoms with van der Waals surface area (Å²) in [6.07, 6.45) is 0.979. The first-order valence-electron chi connectivity index (χ1n) is 10.6. The number of hydrogen-bond donors (Lipinski definition) is 1. The molecule has 0 atom stereocenters. The van der Waals surface area contributed by atoms with E-state index in [9.17, 15) is 19.2 Å². The topological polar surface area (TPSA) is 129 Å². The van der Waals surface area contributed by atoms with E-state index in [0.29, 0.717) is 24.6 Å². The summed E-state index contributed by atoms with van der Waals surface area (Å²) in [6, 6.07) is 6.47. The van der Waals surface area contributed by atoms with Crippen LogP contribution in [-0.2, 0) is 29.2 Å². The number of carbonyl (C=O) groups excluding carboxylic acids is 2. The first-order chi connectivity index (χ1) is 15.8. The summed E-state index contributed by atoms with van der Waals surface area (Å²) in [5.74, 6) is -0.339. The standard InChI is InChI=1S/C22H27N5O6/c1-5-7-12-27-18-17(19(28)24-21(27)30)26(6-2)16(23-18)13-33-20(29)14-10-8-9-11-15(14)25(3)22(31)32-4/h8-11H,5-7,12-13H2,1-4H3,(H,24,28,30). The van der Waals surface area contributed by atoms with Crippen molar-refractivity contribution in [1.29, 1.82) is 0 Å². The lowest BCUT2D eigenvalue weighted by Crippen LogP contribution is -2.31. The molecule has 0 fully saturated rings. The second-order valence-electron chi connectivity index (χ2n) is 7.33. The lowest BCUT2D eigenvalue weighted by molar-refractivity contribution is 0.0459. The second-order valence-corrected chi connectivity index (χ2v) is 7.33. The number of amides is 1. The fourth-order valence-electron chi connectivity index (χ4n) is 3.57. The van der Waals surface area contributed by atoms with E-state index in [1.54, 1.807) is 22.8 Å². The highest BCUT2D eigenvalue weighted by molar-refractivity contribution is 6.00. The summed E-state index contributed by atoms with van der Waals surface area (Å²) in [4.78, 5) is 57.6. The summed E-state index contributed by atoms with van der Waals surface area (Å²) >= 11 is 0. The molecule has 0 saturated heterocycles. The van der Waals surface area contributed by atoms with Gasteiger partial charge in [-0.05, 0) is 25.5 Å². The number of rotatable bonds is 8. The van der Waals surface area contributed by atoms with Crippen LogP contribution in [0.15, 0.2) is 33.9 Å². The quantitative estimate of drug-likeness (QED) is 0.514. The number of aromatic amines is 1. The minimum absolute atomic E-state index is 0.169. The third kappa shape index (κ3) is 4.66. The number of anilines is 1. The predicted molar refractivity (Wildman–Crippen MR) is 122 cm³/mol. The molecular weight excluding hydrogens is 430 g/mol. The van der Waals surface area contributed by atoms with E-state index in [4.69, 9.17) is 9.47 Å². The number of hydrogen-bond acceptors (Lipinski definition) is 7. The van der Waals surface area contributed by atoms with Crippen molar-refractivity contribution in [3.05, 3.63) is 56.5 Å². The fourth-order valence-corrected chi connectivity index (χ4v) is 3.57. The number of esters is 1. The monoisotopic (exact) mass is 457 g/mol. The minimum atomic E-state index is -0.673. The molecule has 0 radical (unpaired) electrons. The zero-order valence-electron chi connectivity index (χ0n) is 19.1. The van der Waals surface area contributed by atoms with Gasteiger partial charge in [0.05, 0.1) is 18.4 Å². The summed E-state index contributed by atoms with van der Waals surface area (Å²) in [6.45, 7) is 4.40. The Morgan fingerprint density at radius 2 is 1.88 bits per heavy atom. The molecule has 11 nitrogen and oxygen atoms in total. The van der Waals surface area contributed by atoms with E-state index >= 15 is 0 Å². The Balaban J connectivity index is 1.95. The average molecular weight is 457 g/mol. The molecule has 0 unspecified atom stereocenters. The number of para-hydroxylation sites is 1. The van der Waals surface area contributed by atoms with Gasteiger partial charge in [-0.1, -0.05) is 25.5 Å². The van der Waals surface area contributed by atoms with Crippen LogP contribution in [-0.4, -0.2) is 45.3 Å². The number of aryl methyl sites for hydroxylation is 2. The van der Waals surface area contributed by atoms with Crippen LogP contribution in [0.1, 0.15) is 42.9 Å². The van der Waals surface area contributed by atoms with Crippen LogP contribution in [0, 0.1) is 0 Å². The maximum absolute atomic E-state index is 12.8. The van der Waals surface area contributed by atoms with Gasteiger partial charge in [-0.15, -0.1) is 0 Å². The molecule has 11 heteroatoms. The van der Waals surface area contributed by atoms with Crippen molar-refractivity contribution in [1.82, 2.24) is 19.1 Å². The molecule has 0 bridgehead atoms. The van der Waals surface area contributed by atoms with E-state index in [2.05, 4.69) is 9.97 Å². The molecule has 1 amide bonds. The molecule has 2 aromatic heterocycles. The summed E-state index contributed by atoms with van der Waals surface area (Å²) in [5.41, 5.74) is -0.0591. The van der Waals surface area contributed by atoms with Crippen LogP contribution in [0.4, 0.5) is 10.5 Å². The van der Waals surface area contributed by atoms with Gasteiger partial charge in [-0.2, -0.15) is 0 Å². The number of imidazole rings is 1. The number of methoxy groups -OCH3 is 1. The van der Waals surface area contributed by atoms with Crippen molar-refractivity contribution >= 4 is 28.9 Å². The number of carbonyl (C=O) groups is 2. The number of ether oxygens (including phenoxy) is 2. The molecule has 3 aromatic rings. The minimum Gasteiger partial charge on any atom is -0.454 e. The molecule has 0 aliphatic heterocycles. The van der Waals surface area contributed by atoms with Crippen molar-refractivity contribution in [2.75, 3.05) is 19.1 Å². The fraction of sp³-hybridized carbons (Fsp3) is 0.409. The molecule has 3 rings (SSSR count). The van der Waals surface area contributed by atoms with Crippen LogP contribution in [0.25, 0.3) is 11.2 Å². The summed E-state index contributed by atoms with van der Waals surface area (Å²) in [7, 11) is 2.73. The van der Waals surface area contributed by atoms with Gasteiger partial charge in [0.15, 0.2) is 11.2 Å². The Morgan fingerprint density at radius 3 is 2.55 bits per heavy atom. The van der Waals surface area contributed by atoms with Crippen LogP contribution in [0.3, 0.4) is 0 Å². The van der Waals surface area contributed by atoms with Crippen molar-refractivity contribution in [2.24, 2.45) is 0 Å². The Bertz CT molecular complexity index is 1290. The van der Waals surface area contributed by atoms with Crippen molar-refractivity contribution in [2.45, 2.75) is 46.4 Å². The summed E-state index contributed by atoms with van der Waals surface area (Å²) < 4.78 is 13.2. The lowest BCUT2D eigenvalue weighted by atomic mass is 10.1.